The molecule has 1 fully saturated rings. The monoisotopic (exact) mass is 156 g/mol. The maximum absolute atomic E-state index is 11.1. The van der Waals surface area contributed by atoms with Crippen molar-refractivity contribution >= 4 is 5.91 Å². The van der Waals surface area contributed by atoms with E-state index in [2.05, 4.69) is 10.2 Å². The lowest BCUT2D eigenvalue weighted by molar-refractivity contribution is -0.125. The largest absolute Gasteiger partial charge is 0.358 e. The van der Waals surface area contributed by atoms with Gasteiger partial charge in [0.25, 0.3) is 0 Å². The predicted octanol–water partition coefficient (Wildman–Crippen LogP) is 0.217. The van der Waals surface area contributed by atoms with Gasteiger partial charge in [-0.25, -0.2) is 0 Å². The summed E-state index contributed by atoms with van der Waals surface area (Å²) < 4.78 is 0. The third kappa shape index (κ3) is 1.93. The molecule has 3 heteroatoms. The van der Waals surface area contributed by atoms with Crippen LogP contribution in [0.2, 0.25) is 0 Å². The molecule has 1 aliphatic rings. The van der Waals surface area contributed by atoms with Crippen LogP contribution in [0.5, 0.6) is 0 Å². The molecule has 1 amide bonds. The van der Waals surface area contributed by atoms with E-state index >= 15 is 0 Å². The van der Waals surface area contributed by atoms with E-state index in [9.17, 15) is 4.79 Å². The molecular weight excluding hydrogens is 140 g/mol. The number of likely N-dealkylation sites (N-methyl/N-ethyl adjacent to an activating group) is 1. The first-order chi connectivity index (χ1) is 5.25. The fourth-order valence-corrected chi connectivity index (χ4v) is 1.50. The zero-order valence-electron chi connectivity index (χ0n) is 7.26. The predicted molar refractivity (Wildman–Crippen MR) is 44.3 cm³/mol. The van der Waals surface area contributed by atoms with Gasteiger partial charge >= 0.3 is 0 Å². The van der Waals surface area contributed by atoms with Gasteiger partial charge in [0, 0.05) is 7.05 Å². The lowest BCUT2D eigenvalue weighted by atomic mass is 10.3. The third-order valence-corrected chi connectivity index (χ3v) is 2.31. The van der Waals surface area contributed by atoms with Gasteiger partial charge in [0.05, 0.1) is 6.04 Å². The fourth-order valence-electron chi connectivity index (χ4n) is 1.50. The van der Waals surface area contributed by atoms with Crippen LogP contribution >= 0.6 is 0 Å². The van der Waals surface area contributed by atoms with Gasteiger partial charge in [0.2, 0.25) is 5.91 Å². The summed E-state index contributed by atoms with van der Waals surface area (Å²) in [5.41, 5.74) is 0. The van der Waals surface area contributed by atoms with E-state index in [4.69, 9.17) is 0 Å². The van der Waals surface area contributed by atoms with Gasteiger partial charge in [0.1, 0.15) is 0 Å². The van der Waals surface area contributed by atoms with Crippen LogP contribution in [0, 0.1) is 0 Å². The summed E-state index contributed by atoms with van der Waals surface area (Å²) in [5, 5.41) is 2.66. The Morgan fingerprint density at radius 3 is 2.45 bits per heavy atom. The number of carbonyl (C=O) groups excluding carboxylic acids is 1. The molecule has 0 aromatic heterocycles. The Labute approximate surface area is 67.8 Å². The van der Waals surface area contributed by atoms with Crippen LogP contribution in [0.3, 0.4) is 0 Å². The van der Waals surface area contributed by atoms with Crippen LogP contribution in [0.1, 0.15) is 19.8 Å². The van der Waals surface area contributed by atoms with Crippen molar-refractivity contribution in [1.29, 1.82) is 0 Å². The molecule has 0 aromatic rings. The second kappa shape index (κ2) is 3.72. The van der Waals surface area contributed by atoms with Crippen molar-refractivity contribution in [1.82, 2.24) is 10.2 Å². The number of rotatable bonds is 2. The Morgan fingerprint density at radius 2 is 2.00 bits per heavy atom. The van der Waals surface area contributed by atoms with E-state index in [0.717, 1.165) is 13.1 Å². The average Bonchev–Trinajstić information content (AvgIpc) is 2.53. The molecule has 1 unspecified atom stereocenters. The summed E-state index contributed by atoms with van der Waals surface area (Å²) >= 11 is 0. The minimum Gasteiger partial charge on any atom is -0.358 e. The van der Waals surface area contributed by atoms with E-state index in [1.165, 1.54) is 12.8 Å². The molecule has 1 rings (SSSR count). The molecule has 1 heterocycles. The first-order valence-electron chi connectivity index (χ1n) is 4.21. The molecular formula is C8H16N2O. The normalized spacial score (nSPS) is 21.6. The van der Waals surface area contributed by atoms with E-state index < -0.39 is 0 Å². The van der Waals surface area contributed by atoms with Gasteiger partial charge in [-0.15, -0.1) is 0 Å². The highest BCUT2D eigenvalue weighted by molar-refractivity contribution is 5.80. The summed E-state index contributed by atoms with van der Waals surface area (Å²) in [6.07, 6.45) is 2.47. The minimum atomic E-state index is 0.0579. The van der Waals surface area contributed by atoms with Gasteiger partial charge in [-0.2, -0.15) is 0 Å². The fraction of sp³-hybridized carbons (Fsp3) is 0.875. The smallest absolute Gasteiger partial charge is 0.236 e. The summed E-state index contributed by atoms with van der Waals surface area (Å²) in [6.45, 7) is 4.12. The Kier molecular flexibility index (Phi) is 2.88. The Balaban J connectivity index is 2.39. The molecule has 1 N–H and O–H groups in total. The van der Waals surface area contributed by atoms with Crippen LogP contribution in [-0.2, 0) is 4.79 Å². The number of nitrogens with zero attached hydrogens (tertiary/aromatic N) is 1. The summed E-state index contributed by atoms with van der Waals surface area (Å²) in [6, 6.07) is 0.0579. The minimum absolute atomic E-state index is 0.0579. The Bertz CT molecular complexity index is 141. The molecule has 64 valence electrons. The van der Waals surface area contributed by atoms with Crippen molar-refractivity contribution in [3.8, 4) is 0 Å². The lowest BCUT2D eigenvalue weighted by Crippen LogP contribution is -2.42. The Hall–Kier alpha value is -0.570. The van der Waals surface area contributed by atoms with Gasteiger partial charge in [0.15, 0.2) is 0 Å². The van der Waals surface area contributed by atoms with Crippen LogP contribution in [0.25, 0.3) is 0 Å². The number of amides is 1. The maximum Gasteiger partial charge on any atom is 0.236 e. The molecule has 1 saturated heterocycles. The molecule has 1 aliphatic heterocycles. The van der Waals surface area contributed by atoms with E-state index in [0.29, 0.717) is 0 Å². The van der Waals surface area contributed by atoms with E-state index in [-0.39, 0.29) is 11.9 Å². The number of nitrogens with one attached hydrogen (secondary N) is 1. The topological polar surface area (TPSA) is 32.3 Å². The third-order valence-electron chi connectivity index (χ3n) is 2.31. The van der Waals surface area contributed by atoms with Crippen molar-refractivity contribution < 1.29 is 4.79 Å². The maximum atomic E-state index is 11.1. The number of hydrogen-bond donors (Lipinski definition) is 1. The van der Waals surface area contributed by atoms with Crippen molar-refractivity contribution in [2.45, 2.75) is 25.8 Å². The van der Waals surface area contributed by atoms with Crippen LogP contribution in [0.4, 0.5) is 0 Å². The van der Waals surface area contributed by atoms with Crippen molar-refractivity contribution in [3.63, 3.8) is 0 Å². The van der Waals surface area contributed by atoms with Gasteiger partial charge in [-0.1, -0.05) is 0 Å². The lowest BCUT2D eigenvalue weighted by Gasteiger charge is -2.21. The summed E-state index contributed by atoms with van der Waals surface area (Å²) in [5.74, 6) is 0.131. The highest BCUT2D eigenvalue weighted by Gasteiger charge is 2.22. The van der Waals surface area contributed by atoms with Crippen molar-refractivity contribution in [3.05, 3.63) is 0 Å². The highest BCUT2D eigenvalue weighted by atomic mass is 16.2. The second-order valence-corrected chi connectivity index (χ2v) is 3.03. The standard InChI is InChI=1S/C8H16N2O/c1-7(8(11)9-2)10-5-3-4-6-10/h7H,3-6H2,1-2H3,(H,9,11). The van der Waals surface area contributed by atoms with E-state index in [1.54, 1.807) is 7.05 Å². The van der Waals surface area contributed by atoms with Gasteiger partial charge < -0.3 is 5.32 Å². The average molecular weight is 156 g/mol. The molecule has 0 radical (unpaired) electrons. The molecule has 0 spiro atoms. The van der Waals surface area contributed by atoms with Crippen LogP contribution in [-0.4, -0.2) is 37.0 Å². The summed E-state index contributed by atoms with van der Waals surface area (Å²) in [4.78, 5) is 13.4. The summed E-state index contributed by atoms with van der Waals surface area (Å²) in [7, 11) is 1.69. The second-order valence-electron chi connectivity index (χ2n) is 3.03. The van der Waals surface area contributed by atoms with Crippen molar-refractivity contribution in [2.24, 2.45) is 0 Å². The molecule has 11 heavy (non-hydrogen) atoms. The first kappa shape index (κ1) is 8.53. The molecule has 0 bridgehead atoms. The zero-order chi connectivity index (χ0) is 8.27. The molecule has 3 nitrogen and oxygen atoms in total. The Morgan fingerprint density at radius 1 is 1.45 bits per heavy atom. The molecule has 0 aromatic carbocycles. The number of carbonyl (C=O) groups is 1. The van der Waals surface area contributed by atoms with Crippen LogP contribution in [0.15, 0.2) is 0 Å². The zero-order valence-corrected chi connectivity index (χ0v) is 7.26. The molecule has 0 saturated carbocycles. The SMILES string of the molecule is CNC(=O)C(C)N1CCCC1. The van der Waals surface area contributed by atoms with Crippen molar-refractivity contribution in [2.75, 3.05) is 20.1 Å². The molecule has 0 aliphatic carbocycles. The van der Waals surface area contributed by atoms with Gasteiger partial charge in [-0.3, -0.25) is 9.69 Å². The van der Waals surface area contributed by atoms with Gasteiger partial charge in [-0.05, 0) is 32.9 Å². The highest BCUT2D eigenvalue weighted by Crippen LogP contribution is 2.10. The first-order valence-corrected chi connectivity index (χ1v) is 4.21. The quantitative estimate of drug-likeness (QED) is 0.620. The molecule has 1 atom stereocenters. The number of hydrogen-bond acceptors (Lipinski definition) is 2. The van der Waals surface area contributed by atoms with Crippen LogP contribution < -0.4 is 5.32 Å². The van der Waals surface area contributed by atoms with E-state index in [1.807, 2.05) is 6.92 Å². The number of likely N-dealkylation sites (tertiary alicyclic amines) is 1.